The average molecular weight is 298 g/mol. The standard InChI is InChI=1S/C14H20ClN3O2/c1-10(11-4-6-12(15)7-5-11)17-8-14(20)18(3)9-13(19)16-2/h4-7,10,17H,8-9H2,1-3H3,(H,16,19)/t10-/m0/s1. The number of nitrogens with zero attached hydrogens (tertiary/aromatic N) is 1. The van der Waals surface area contributed by atoms with Crippen molar-refractivity contribution in [3.05, 3.63) is 34.9 Å². The third kappa shape index (κ3) is 5.19. The predicted molar refractivity (Wildman–Crippen MR) is 79.6 cm³/mol. The summed E-state index contributed by atoms with van der Waals surface area (Å²) in [4.78, 5) is 24.4. The number of rotatable bonds is 6. The van der Waals surface area contributed by atoms with Crippen molar-refractivity contribution in [1.29, 1.82) is 0 Å². The van der Waals surface area contributed by atoms with Crippen LogP contribution in [0, 0.1) is 0 Å². The zero-order valence-corrected chi connectivity index (χ0v) is 12.7. The summed E-state index contributed by atoms with van der Waals surface area (Å²) < 4.78 is 0. The maximum atomic E-state index is 11.8. The van der Waals surface area contributed by atoms with Crippen molar-refractivity contribution in [1.82, 2.24) is 15.5 Å². The van der Waals surface area contributed by atoms with Crippen LogP contribution >= 0.6 is 11.6 Å². The highest BCUT2D eigenvalue weighted by Gasteiger charge is 2.13. The molecular formula is C14H20ClN3O2. The number of likely N-dealkylation sites (N-methyl/N-ethyl adjacent to an activating group) is 2. The van der Waals surface area contributed by atoms with Crippen molar-refractivity contribution < 1.29 is 9.59 Å². The number of amides is 2. The lowest BCUT2D eigenvalue weighted by molar-refractivity contribution is -0.133. The summed E-state index contributed by atoms with van der Waals surface area (Å²) in [6, 6.07) is 7.49. The molecule has 0 radical (unpaired) electrons. The Labute approximate surface area is 124 Å². The summed E-state index contributed by atoms with van der Waals surface area (Å²) >= 11 is 5.83. The van der Waals surface area contributed by atoms with Crippen LogP contribution in [0.1, 0.15) is 18.5 Å². The Morgan fingerprint density at radius 1 is 1.30 bits per heavy atom. The van der Waals surface area contributed by atoms with E-state index >= 15 is 0 Å². The summed E-state index contributed by atoms with van der Waals surface area (Å²) in [6.45, 7) is 2.21. The van der Waals surface area contributed by atoms with Crippen LogP contribution in [-0.4, -0.2) is 43.9 Å². The molecule has 0 bridgehead atoms. The Morgan fingerprint density at radius 2 is 1.90 bits per heavy atom. The number of carbonyl (C=O) groups is 2. The molecule has 0 heterocycles. The Morgan fingerprint density at radius 3 is 2.45 bits per heavy atom. The summed E-state index contributed by atoms with van der Waals surface area (Å²) in [5.41, 5.74) is 1.05. The van der Waals surface area contributed by atoms with Gasteiger partial charge in [0.05, 0.1) is 13.1 Å². The fraction of sp³-hybridized carbons (Fsp3) is 0.429. The maximum absolute atomic E-state index is 11.8. The van der Waals surface area contributed by atoms with Gasteiger partial charge in [-0.05, 0) is 24.6 Å². The minimum absolute atomic E-state index is 0.0321. The molecule has 0 aliphatic carbocycles. The molecule has 0 saturated carbocycles. The molecule has 1 aromatic carbocycles. The Balaban J connectivity index is 2.44. The monoisotopic (exact) mass is 297 g/mol. The molecule has 5 nitrogen and oxygen atoms in total. The van der Waals surface area contributed by atoms with E-state index in [1.165, 1.54) is 4.90 Å². The third-order valence-corrected chi connectivity index (χ3v) is 3.27. The highest BCUT2D eigenvalue weighted by molar-refractivity contribution is 6.30. The van der Waals surface area contributed by atoms with Crippen LogP contribution in [0.2, 0.25) is 5.02 Å². The van der Waals surface area contributed by atoms with E-state index in [0.717, 1.165) is 5.56 Å². The molecule has 0 aromatic heterocycles. The second-order valence-electron chi connectivity index (χ2n) is 4.58. The molecule has 110 valence electrons. The number of hydrogen-bond donors (Lipinski definition) is 2. The number of carbonyl (C=O) groups excluding carboxylic acids is 2. The second kappa shape index (κ2) is 7.87. The van der Waals surface area contributed by atoms with Gasteiger partial charge in [0.15, 0.2) is 0 Å². The van der Waals surface area contributed by atoms with Crippen LogP contribution in [0.25, 0.3) is 0 Å². The van der Waals surface area contributed by atoms with Gasteiger partial charge in [0, 0.05) is 25.2 Å². The molecule has 20 heavy (non-hydrogen) atoms. The average Bonchev–Trinajstić information content (AvgIpc) is 2.44. The van der Waals surface area contributed by atoms with Crippen molar-refractivity contribution in [2.75, 3.05) is 27.2 Å². The first-order valence-electron chi connectivity index (χ1n) is 6.37. The highest BCUT2D eigenvalue weighted by Crippen LogP contribution is 2.15. The predicted octanol–water partition coefficient (Wildman–Crippen LogP) is 1.20. The normalized spacial score (nSPS) is 11.8. The van der Waals surface area contributed by atoms with Crippen LogP contribution < -0.4 is 10.6 Å². The van der Waals surface area contributed by atoms with Gasteiger partial charge in [0.25, 0.3) is 0 Å². The van der Waals surface area contributed by atoms with Gasteiger partial charge in [-0.1, -0.05) is 23.7 Å². The van der Waals surface area contributed by atoms with Crippen molar-refractivity contribution in [2.24, 2.45) is 0 Å². The van der Waals surface area contributed by atoms with Gasteiger partial charge < -0.3 is 15.5 Å². The van der Waals surface area contributed by atoms with E-state index in [-0.39, 0.29) is 30.9 Å². The van der Waals surface area contributed by atoms with Crippen molar-refractivity contribution in [3.8, 4) is 0 Å². The number of nitrogens with one attached hydrogen (secondary N) is 2. The van der Waals surface area contributed by atoms with Crippen LogP contribution in [0.3, 0.4) is 0 Å². The zero-order valence-electron chi connectivity index (χ0n) is 11.9. The van der Waals surface area contributed by atoms with E-state index in [9.17, 15) is 9.59 Å². The van der Waals surface area contributed by atoms with Crippen molar-refractivity contribution in [3.63, 3.8) is 0 Å². The van der Waals surface area contributed by atoms with Gasteiger partial charge in [0.2, 0.25) is 11.8 Å². The van der Waals surface area contributed by atoms with Gasteiger partial charge in [-0.25, -0.2) is 0 Å². The first kappa shape index (κ1) is 16.5. The topological polar surface area (TPSA) is 61.4 Å². The van der Waals surface area contributed by atoms with Crippen molar-refractivity contribution in [2.45, 2.75) is 13.0 Å². The number of hydrogen-bond acceptors (Lipinski definition) is 3. The van der Waals surface area contributed by atoms with Gasteiger partial charge in [-0.2, -0.15) is 0 Å². The molecular weight excluding hydrogens is 278 g/mol. The highest BCUT2D eigenvalue weighted by atomic mass is 35.5. The summed E-state index contributed by atoms with van der Waals surface area (Å²) in [7, 11) is 3.15. The van der Waals surface area contributed by atoms with Gasteiger partial charge >= 0.3 is 0 Å². The van der Waals surface area contributed by atoms with E-state index in [1.807, 2.05) is 31.2 Å². The molecule has 1 rings (SSSR count). The van der Waals surface area contributed by atoms with E-state index in [4.69, 9.17) is 11.6 Å². The molecule has 0 saturated heterocycles. The third-order valence-electron chi connectivity index (χ3n) is 3.01. The Hall–Kier alpha value is -1.59. The maximum Gasteiger partial charge on any atom is 0.239 e. The molecule has 2 N–H and O–H groups in total. The SMILES string of the molecule is CNC(=O)CN(C)C(=O)CN[C@@H](C)c1ccc(Cl)cc1. The zero-order chi connectivity index (χ0) is 15.1. The molecule has 1 atom stereocenters. The van der Waals surface area contributed by atoms with E-state index in [2.05, 4.69) is 10.6 Å². The molecule has 0 unspecified atom stereocenters. The van der Waals surface area contributed by atoms with Crippen molar-refractivity contribution >= 4 is 23.4 Å². The second-order valence-corrected chi connectivity index (χ2v) is 5.01. The first-order valence-corrected chi connectivity index (χ1v) is 6.75. The molecule has 0 aliphatic heterocycles. The molecule has 0 fully saturated rings. The molecule has 6 heteroatoms. The van der Waals surface area contributed by atoms with Crippen LogP contribution in [-0.2, 0) is 9.59 Å². The molecule has 1 aromatic rings. The minimum Gasteiger partial charge on any atom is -0.358 e. The van der Waals surface area contributed by atoms with Crippen LogP contribution in [0.5, 0.6) is 0 Å². The van der Waals surface area contributed by atoms with E-state index in [0.29, 0.717) is 5.02 Å². The minimum atomic E-state index is -0.188. The largest absolute Gasteiger partial charge is 0.358 e. The van der Waals surface area contributed by atoms with E-state index < -0.39 is 0 Å². The summed E-state index contributed by atoms with van der Waals surface area (Å²) in [6.07, 6.45) is 0. The van der Waals surface area contributed by atoms with E-state index in [1.54, 1.807) is 14.1 Å². The lowest BCUT2D eigenvalue weighted by atomic mass is 10.1. The fourth-order valence-electron chi connectivity index (χ4n) is 1.63. The van der Waals surface area contributed by atoms with Gasteiger partial charge in [-0.15, -0.1) is 0 Å². The molecule has 2 amide bonds. The lowest BCUT2D eigenvalue weighted by Gasteiger charge is -2.19. The first-order chi connectivity index (χ1) is 9.43. The Kier molecular flexibility index (Phi) is 6.48. The van der Waals surface area contributed by atoms with Gasteiger partial charge in [0.1, 0.15) is 0 Å². The molecule has 0 spiro atoms. The summed E-state index contributed by atoms with van der Waals surface area (Å²) in [5, 5.41) is 6.29. The van der Waals surface area contributed by atoms with Crippen LogP contribution in [0.4, 0.5) is 0 Å². The fourth-order valence-corrected chi connectivity index (χ4v) is 1.75. The van der Waals surface area contributed by atoms with Gasteiger partial charge in [-0.3, -0.25) is 9.59 Å². The van der Waals surface area contributed by atoms with Crippen LogP contribution in [0.15, 0.2) is 24.3 Å². The molecule has 0 aliphatic rings. The Bertz CT molecular complexity index is 462. The smallest absolute Gasteiger partial charge is 0.239 e. The number of benzene rings is 1. The quantitative estimate of drug-likeness (QED) is 0.829. The number of halogens is 1. The lowest BCUT2D eigenvalue weighted by Crippen LogP contribution is -2.41. The summed E-state index contributed by atoms with van der Waals surface area (Å²) in [5.74, 6) is -0.319.